The number of hydrogen-bond acceptors (Lipinski definition) is 5. The molecule has 0 aliphatic heterocycles. The molecule has 0 aliphatic rings. The predicted molar refractivity (Wildman–Crippen MR) is 96.5 cm³/mol. The molecule has 3 rings (SSSR count). The van der Waals surface area contributed by atoms with Crippen LogP contribution in [0.2, 0.25) is 0 Å². The Balaban J connectivity index is 1.98. The molecule has 0 unspecified atom stereocenters. The number of aromatic nitrogens is 2. The van der Waals surface area contributed by atoms with E-state index in [0.29, 0.717) is 5.56 Å². The van der Waals surface area contributed by atoms with Gasteiger partial charge in [-0.1, -0.05) is 12.1 Å². The molecule has 0 N–H and O–H groups in total. The number of ether oxygens (including phenoxy) is 2. The van der Waals surface area contributed by atoms with Gasteiger partial charge in [0.1, 0.15) is 18.2 Å². The first-order valence-electron chi connectivity index (χ1n) is 8.42. The highest BCUT2D eigenvalue weighted by atomic mass is 19.1. The van der Waals surface area contributed by atoms with Crippen molar-refractivity contribution in [2.75, 3.05) is 6.61 Å². The molecule has 0 fully saturated rings. The molecule has 8 heteroatoms. The van der Waals surface area contributed by atoms with Crippen LogP contribution in [0, 0.1) is 11.6 Å². The maximum Gasteiger partial charge on any atom is 0.362 e. The van der Waals surface area contributed by atoms with E-state index in [0.717, 1.165) is 10.7 Å². The maximum absolute atomic E-state index is 13.3. The summed E-state index contributed by atoms with van der Waals surface area (Å²) in [5.74, 6) is -1.78. The second kappa shape index (κ2) is 8.43. The van der Waals surface area contributed by atoms with E-state index in [1.54, 1.807) is 13.0 Å². The van der Waals surface area contributed by atoms with Gasteiger partial charge in [-0.2, -0.15) is 9.78 Å². The molecule has 144 valence electrons. The minimum Gasteiger partial charge on any atom is -0.486 e. The first-order valence-corrected chi connectivity index (χ1v) is 8.42. The Morgan fingerprint density at radius 1 is 1.07 bits per heavy atom. The summed E-state index contributed by atoms with van der Waals surface area (Å²) >= 11 is 0. The van der Waals surface area contributed by atoms with Crippen molar-refractivity contribution in [3.63, 3.8) is 0 Å². The topological polar surface area (TPSA) is 70.4 Å². The van der Waals surface area contributed by atoms with Crippen LogP contribution < -0.4 is 10.3 Å². The molecule has 0 atom stereocenters. The van der Waals surface area contributed by atoms with E-state index in [-0.39, 0.29) is 30.3 Å². The van der Waals surface area contributed by atoms with Crippen molar-refractivity contribution in [1.82, 2.24) is 9.78 Å². The molecule has 1 heterocycles. The van der Waals surface area contributed by atoms with E-state index < -0.39 is 23.2 Å². The molecule has 6 nitrogen and oxygen atoms in total. The zero-order valence-corrected chi connectivity index (χ0v) is 14.9. The molecular formula is C20H16F2N2O4. The van der Waals surface area contributed by atoms with E-state index >= 15 is 0 Å². The third-order valence-corrected chi connectivity index (χ3v) is 3.72. The summed E-state index contributed by atoms with van der Waals surface area (Å²) < 4.78 is 37.9. The Morgan fingerprint density at radius 3 is 2.50 bits per heavy atom. The van der Waals surface area contributed by atoms with Crippen LogP contribution in [0.15, 0.2) is 59.4 Å². The highest BCUT2D eigenvalue weighted by Gasteiger charge is 2.20. The van der Waals surface area contributed by atoms with Crippen LogP contribution in [-0.4, -0.2) is 22.4 Å². The molecule has 28 heavy (non-hydrogen) atoms. The zero-order chi connectivity index (χ0) is 20.1. The molecule has 0 radical (unpaired) electrons. The summed E-state index contributed by atoms with van der Waals surface area (Å²) in [4.78, 5) is 24.7. The lowest BCUT2D eigenvalue weighted by Gasteiger charge is -2.12. The van der Waals surface area contributed by atoms with Gasteiger partial charge in [0.25, 0.3) is 5.56 Å². The van der Waals surface area contributed by atoms with E-state index in [1.165, 1.54) is 42.5 Å². The van der Waals surface area contributed by atoms with Gasteiger partial charge in [-0.25, -0.2) is 13.6 Å². The molecule has 0 amide bonds. The molecule has 0 saturated carbocycles. The number of carbonyl (C=O) groups is 1. The Bertz CT molecular complexity index is 1050. The fraction of sp³-hybridized carbons (Fsp3) is 0.150. The normalized spacial score (nSPS) is 10.5. The Morgan fingerprint density at radius 2 is 1.82 bits per heavy atom. The monoisotopic (exact) mass is 386 g/mol. The molecule has 0 spiro atoms. The smallest absolute Gasteiger partial charge is 0.362 e. The number of halogens is 2. The second-order valence-electron chi connectivity index (χ2n) is 5.72. The van der Waals surface area contributed by atoms with Crippen LogP contribution in [0.4, 0.5) is 8.78 Å². The third kappa shape index (κ3) is 4.40. The molecule has 0 bridgehead atoms. The largest absolute Gasteiger partial charge is 0.486 e. The van der Waals surface area contributed by atoms with Crippen molar-refractivity contribution < 1.29 is 23.0 Å². The highest BCUT2D eigenvalue weighted by molar-refractivity contribution is 5.90. The summed E-state index contributed by atoms with van der Waals surface area (Å²) in [5.41, 5.74) is -0.0257. The van der Waals surface area contributed by atoms with Crippen molar-refractivity contribution in [2.24, 2.45) is 0 Å². The maximum atomic E-state index is 13.3. The Hall–Kier alpha value is -3.55. The lowest BCUT2D eigenvalue weighted by atomic mass is 10.2. The summed E-state index contributed by atoms with van der Waals surface area (Å²) in [6.07, 6.45) is 0. The predicted octanol–water partition coefficient (Wildman–Crippen LogP) is 3.27. The van der Waals surface area contributed by atoms with Gasteiger partial charge in [-0.3, -0.25) is 4.79 Å². The first-order chi connectivity index (χ1) is 13.5. The van der Waals surface area contributed by atoms with Crippen LogP contribution in [0.3, 0.4) is 0 Å². The van der Waals surface area contributed by atoms with Crippen molar-refractivity contribution in [3.8, 4) is 11.4 Å². The van der Waals surface area contributed by atoms with Gasteiger partial charge >= 0.3 is 5.97 Å². The molecule has 0 aliphatic carbocycles. The summed E-state index contributed by atoms with van der Waals surface area (Å²) in [5, 5.41) is 4.03. The van der Waals surface area contributed by atoms with Gasteiger partial charge in [0.15, 0.2) is 5.75 Å². The average molecular weight is 386 g/mol. The molecule has 3 aromatic rings. The van der Waals surface area contributed by atoms with Crippen LogP contribution in [0.5, 0.6) is 5.75 Å². The van der Waals surface area contributed by atoms with E-state index in [4.69, 9.17) is 9.47 Å². The number of rotatable bonds is 6. The minimum atomic E-state index is -0.785. The standard InChI is InChI=1S/C20H16F2N2O4/c1-2-27-20(26)19-17(28-12-13-4-3-5-15(22)10-13)11-18(25)24(23-19)16-8-6-14(21)7-9-16/h3-11H,2,12H2,1H3. The van der Waals surface area contributed by atoms with Crippen LogP contribution in [-0.2, 0) is 11.3 Å². The Kier molecular flexibility index (Phi) is 5.78. The molecule has 0 saturated heterocycles. The lowest BCUT2D eigenvalue weighted by Crippen LogP contribution is -2.25. The first kappa shape index (κ1) is 19.2. The third-order valence-electron chi connectivity index (χ3n) is 3.72. The number of hydrogen-bond donors (Lipinski definition) is 0. The summed E-state index contributed by atoms with van der Waals surface area (Å²) in [6.45, 7) is 1.65. The van der Waals surface area contributed by atoms with E-state index in [9.17, 15) is 18.4 Å². The summed E-state index contributed by atoms with van der Waals surface area (Å²) in [7, 11) is 0. The van der Waals surface area contributed by atoms with E-state index in [2.05, 4.69) is 5.10 Å². The number of carbonyl (C=O) groups excluding carboxylic acids is 1. The zero-order valence-electron chi connectivity index (χ0n) is 14.9. The average Bonchev–Trinajstić information content (AvgIpc) is 2.67. The SMILES string of the molecule is CCOC(=O)c1nn(-c2ccc(F)cc2)c(=O)cc1OCc1cccc(F)c1. The van der Waals surface area contributed by atoms with Crippen molar-refractivity contribution >= 4 is 5.97 Å². The van der Waals surface area contributed by atoms with Crippen molar-refractivity contribution in [1.29, 1.82) is 0 Å². The quantitative estimate of drug-likeness (QED) is 0.608. The molecular weight excluding hydrogens is 370 g/mol. The van der Waals surface area contributed by atoms with Gasteiger partial charge in [0, 0.05) is 0 Å². The van der Waals surface area contributed by atoms with Crippen LogP contribution >= 0.6 is 0 Å². The van der Waals surface area contributed by atoms with E-state index in [1.807, 2.05) is 0 Å². The molecule has 2 aromatic carbocycles. The Labute approximate surface area is 159 Å². The molecule has 1 aromatic heterocycles. The van der Waals surface area contributed by atoms with Gasteiger partial charge in [0.05, 0.1) is 18.4 Å². The number of esters is 1. The van der Waals surface area contributed by atoms with Gasteiger partial charge in [-0.05, 0) is 48.9 Å². The minimum absolute atomic E-state index is 0.0775. The van der Waals surface area contributed by atoms with Crippen molar-refractivity contribution in [3.05, 3.63) is 87.8 Å². The second-order valence-corrected chi connectivity index (χ2v) is 5.72. The fourth-order valence-corrected chi connectivity index (χ4v) is 2.45. The fourth-order valence-electron chi connectivity index (χ4n) is 2.45. The highest BCUT2D eigenvalue weighted by Crippen LogP contribution is 2.18. The lowest BCUT2D eigenvalue weighted by molar-refractivity contribution is 0.0511. The van der Waals surface area contributed by atoms with Crippen LogP contribution in [0.25, 0.3) is 5.69 Å². The van der Waals surface area contributed by atoms with Gasteiger partial charge < -0.3 is 9.47 Å². The number of nitrogens with zero attached hydrogens (tertiary/aromatic N) is 2. The summed E-state index contributed by atoms with van der Waals surface area (Å²) in [6, 6.07) is 11.9. The number of benzene rings is 2. The van der Waals surface area contributed by atoms with Crippen LogP contribution in [0.1, 0.15) is 23.0 Å². The van der Waals surface area contributed by atoms with Gasteiger partial charge in [-0.15, -0.1) is 0 Å². The van der Waals surface area contributed by atoms with Gasteiger partial charge in [0.2, 0.25) is 5.69 Å². The van der Waals surface area contributed by atoms with Crippen molar-refractivity contribution in [2.45, 2.75) is 13.5 Å².